The second kappa shape index (κ2) is 15.5. The van der Waals surface area contributed by atoms with Crippen LogP contribution in [0.4, 0.5) is 5.69 Å². The molecule has 13 nitrogen and oxygen atoms in total. The number of nitrogens with zero attached hydrogens (tertiary/aromatic N) is 2. The first-order valence-corrected chi connectivity index (χ1v) is 15.6. The van der Waals surface area contributed by atoms with Crippen molar-refractivity contribution in [3.8, 4) is 0 Å². The van der Waals surface area contributed by atoms with E-state index in [1.807, 2.05) is 42.5 Å². The van der Waals surface area contributed by atoms with Crippen LogP contribution in [0.15, 0.2) is 65.3 Å². The molecule has 3 aromatic rings. The van der Waals surface area contributed by atoms with Crippen molar-refractivity contribution in [1.82, 2.24) is 26.3 Å². The van der Waals surface area contributed by atoms with Crippen molar-refractivity contribution >= 4 is 29.3 Å². The lowest BCUT2D eigenvalue weighted by atomic mass is 10.0. The van der Waals surface area contributed by atoms with Crippen molar-refractivity contribution < 1.29 is 33.4 Å². The molecule has 1 aromatic heterocycles. The first kappa shape index (κ1) is 32.6. The van der Waals surface area contributed by atoms with Gasteiger partial charge in [0.1, 0.15) is 24.4 Å². The fourth-order valence-electron chi connectivity index (χ4n) is 5.54. The van der Waals surface area contributed by atoms with E-state index < -0.39 is 42.0 Å². The van der Waals surface area contributed by atoms with Crippen molar-refractivity contribution in [3.63, 3.8) is 0 Å². The third-order valence-corrected chi connectivity index (χ3v) is 8.04. The zero-order chi connectivity index (χ0) is 32.5. The summed E-state index contributed by atoms with van der Waals surface area (Å²) in [5, 5.41) is 21.4. The fraction of sp³-hybridized carbons (Fsp3) is 0.424. The molecule has 3 heterocycles. The lowest BCUT2D eigenvalue weighted by Gasteiger charge is -2.30. The summed E-state index contributed by atoms with van der Waals surface area (Å²) in [6, 6.07) is 13.8. The quantitative estimate of drug-likeness (QED) is 0.270. The maximum Gasteiger partial charge on any atom is 0.273 e. The van der Waals surface area contributed by atoms with E-state index >= 15 is 0 Å². The zero-order valence-corrected chi connectivity index (χ0v) is 25.7. The lowest BCUT2D eigenvalue weighted by Crippen LogP contribution is -2.52. The number of morpholine rings is 1. The number of rotatable bonds is 6. The van der Waals surface area contributed by atoms with Crippen molar-refractivity contribution in [2.45, 2.75) is 56.8 Å². The molecule has 0 radical (unpaired) electrons. The molecule has 0 saturated carbocycles. The van der Waals surface area contributed by atoms with Gasteiger partial charge in [-0.1, -0.05) is 42.5 Å². The lowest BCUT2D eigenvalue weighted by molar-refractivity contribution is -0.125. The Bertz CT molecular complexity index is 1500. The molecule has 4 atom stereocenters. The van der Waals surface area contributed by atoms with Gasteiger partial charge in [0.15, 0.2) is 5.69 Å². The molecular formula is C33H40N6O7. The minimum absolute atomic E-state index is 0.0789. The number of aromatic nitrogens is 1. The molecule has 2 aromatic carbocycles. The van der Waals surface area contributed by atoms with Crippen LogP contribution in [0.2, 0.25) is 0 Å². The van der Waals surface area contributed by atoms with Gasteiger partial charge in [-0.2, -0.15) is 0 Å². The molecule has 2 bridgehead atoms. The minimum atomic E-state index is -1.21. The Balaban J connectivity index is 1.43. The molecule has 5 N–H and O–H groups in total. The number of carbonyl (C=O) groups excluding carboxylic acids is 4. The Hall–Kier alpha value is -4.75. The molecule has 1 fully saturated rings. The van der Waals surface area contributed by atoms with Crippen LogP contribution < -0.4 is 26.2 Å². The fourth-order valence-corrected chi connectivity index (χ4v) is 5.54. The van der Waals surface area contributed by atoms with Crippen LogP contribution in [-0.2, 0) is 20.7 Å². The molecule has 13 heteroatoms. The van der Waals surface area contributed by atoms with Crippen LogP contribution in [0, 0.1) is 0 Å². The zero-order valence-electron chi connectivity index (χ0n) is 25.7. The van der Waals surface area contributed by atoms with Gasteiger partial charge in [0.2, 0.25) is 17.7 Å². The second-order valence-electron chi connectivity index (χ2n) is 11.4. The van der Waals surface area contributed by atoms with Crippen LogP contribution in [0.25, 0.3) is 0 Å². The van der Waals surface area contributed by atoms with Crippen LogP contribution in [-0.4, -0.2) is 84.8 Å². The standard InChI is InChI=1S/C33H40N6O7/c1-21(40)28-32(44)34-14-8-7-12-24(35-29(41)23-11-5-6-13-27(23)39-15-17-45-18-16-39)30(42)36-25(19-22-9-3-2-4-10-22)33-37-26(20-46-33)31(43)38-28/h2-6,9-11,13,20-21,24-25,28,40H,7-8,12,14-19H2,1H3,(H,34,44)(H,35,41)(H,36,42)(H,38,43)/t21-,24+,25+,28+/m1/s1. The highest BCUT2D eigenvalue weighted by Gasteiger charge is 2.31. The third kappa shape index (κ3) is 8.29. The van der Waals surface area contributed by atoms with E-state index in [1.165, 1.54) is 6.92 Å². The molecule has 0 spiro atoms. The largest absolute Gasteiger partial charge is 0.446 e. The average Bonchev–Trinajstić information content (AvgIpc) is 3.57. The molecule has 2 aliphatic heterocycles. The SMILES string of the molecule is C[C@@H](O)[C@@H]1NC(=O)c2coc(n2)[C@H](Cc2ccccc2)NC(=O)[C@@H](NC(=O)c2ccccc2N2CCOCC2)CCCCNC1=O. The van der Waals surface area contributed by atoms with E-state index in [4.69, 9.17) is 9.15 Å². The molecule has 46 heavy (non-hydrogen) atoms. The third-order valence-electron chi connectivity index (χ3n) is 8.04. The summed E-state index contributed by atoms with van der Waals surface area (Å²) >= 11 is 0. The number of oxazole rings is 1. The number of benzene rings is 2. The number of ether oxygens (including phenoxy) is 1. The highest BCUT2D eigenvalue weighted by atomic mass is 16.5. The molecule has 0 unspecified atom stereocenters. The Labute approximate surface area is 267 Å². The number of carbonyl (C=O) groups is 4. The van der Waals surface area contributed by atoms with Gasteiger partial charge in [-0.15, -0.1) is 0 Å². The van der Waals surface area contributed by atoms with Crippen molar-refractivity contribution in [1.29, 1.82) is 0 Å². The molecule has 4 amide bonds. The molecular weight excluding hydrogens is 592 g/mol. The number of hydrogen-bond donors (Lipinski definition) is 5. The number of fused-ring (bicyclic) bond motifs is 2. The number of anilines is 1. The average molecular weight is 633 g/mol. The van der Waals surface area contributed by atoms with Gasteiger partial charge in [0.25, 0.3) is 11.8 Å². The summed E-state index contributed by atoms with van der Waals surface area (Å²) in [4.78, 5) is 59.9. The van der Waals surface area contributed by atoms with E-state index in [-0.39, 0.29) is 24.0 Å². The first-order valence-electron chi connectivity index (χ1n) is 15.6. The number of nitrogens with one attached hydrogen (secondary N) is 4. The van der Waals surface area contributed by atoms with Gasteiger partial charge in [-0.05, 0) is 43.9 Å². The minimum Gasteiger partial charge on any atom is -0.446 e. The summed E-state index contributed by atoms with van der Waals surface area (Å²) in [6.45, 7) is 4.06. The van der Waals surface area contributed by atoms with Crippen molar-refractivity contribution in [2.24, 2.45) is 0 Å². The van der Waals surface area contributed by atoms with Crippen LogP contribution in [0.3, 0.4) is 0 Å². The Morgan fingerprint density at radius 3 is 2.52 bits per heavy atom. The number of para-hydroxylation sites is 1. The molecule has 0 aliphatic carbocycles. The van der Waals surface area contributed by atoms with Gasteiger partial charge in [0, 0.05) is 31.7 Å². The number of amides is 4. The van der Waals surface area contributed by atoms with E-state index in [2.05, 4.69) is 31.2 Å². The molecule has 5 rings (SSSR count). The summed E-state index contributed by atoms with van der Waals surface area (Å²) < 4.78 is 11.2. The van der Waals surface area contributed by atoms with Gasteiger partial charge in [-0.3, -0.25) is 19.2 Å². The van der Waals surface area contributed by atoms with E-state index in [9.17, 15) is 24.3 Å². The Morgan fingerprint density at radius 1 is 1.02 bits per heavy atom. The second-order valence-corrected chi connectivity index (χ2v) is 11.4. The normalized spacial score (nSPS) is 22.3. The van der Waals surface area contributed by atoms with Crippen molar-refractivity contribution in [3.05, 3.63) is 83.6 Å². The van der Waals surface area contributed by atoms with E-state index in [0.29, 0.717) is 57.6 Å². The van der Waals surface area contributed by atoms with Crippen LogP contribution in [0.1, 0.15) is 64.5 Å². The van der Waals surface area contributed by atoms with Gasteiger partial charge < -0.3 is 40.4 Å². The van der Waals surface area contributed by atoms with Gasteiger partial charge in [-0.25, -0.2) is 4.98 Å². The number of aliphatic hydroxyl groups is 1. The van der Waals surface area contributed by atoms with Crippen LogP contribution in [0.5, 0.6) is 0 Å². The molecule has 244 valence electrons. The Kier molecular flexibility index (Phi) is 11.0. The molecule has 2 aliphatic rings. The summed E-state index contributed by atoms with van der Waals surface area (Å²) in [6.07, 6.45) is 1.55. The summed E-state index contributed by atoms with van der Waals surface area (Å²) in [5.41, 5.74) is 1.99. The highest BCUT2D eigenvalue weighted by Crippen LogP contribution is 2.23. The maximum atomic E-state index is 13.9. The first-order chi connectivity index (χ1) is 22.3. The van der Waals surface area contributed by atoms with Crippen molar-refractivity contribution in [2.75, 3.05) is 37.7 Å². The van der Waals surface area contributed by atoms with Gasteiger partial charge >= 0.3 is 0 Å². The monoisotopic (exact) mass is 632 g/mol. The number of hydrogen-bond acceptors (Lipinski definition) is 9. The predicted octanol–water partition coefficient (Wildman–Crippen LogP) is 1.49. The van der Waals surface area contributed by atoms with E-state index in [1.54, 1.807) is 12.1 Å². The summed E-state index contributed by atoms with van der Waals surface area (Å²) in [7, 11) is 0. The van der Waals surface area contributed by atoms with Gasteiger partial charge in [0.05, 0.1) is 24.9 Å². The predicted molar refractivity (Wildman–Crippen MR) is 168 cm³/mol. The Morgan fingerprint density at radius 2 is 1.76 bits per heavy atom. The highest BCUT2D eigenvalue weighted by molar-refractivity contribution is 6.02. The summed E-state index contributed by atoms with van der Waals surface area (Å²) in [5.74, 6) is -2.01. The van der Waals surface area contributed by atoms with Crippen LogP contribution >= 0.6 is 0 Å². The topological polar surface area (TPSA) is 175 Å². The van der Waals surface area contributed by atoms with E-state index in [0.717, 1.165) is 17.5 Å². The number of aliphatic hydroxyl groups excluding tert-OH is 1. The molecule has 1 saturated heterocycles. The maximum absolute atomic E-state index is 13.9. The smallest absolute Gasteiger partial charge is 0.273 e.